The van der Waals surface area contributed by atoms with Crippen molar-refractivity contribution >= 4 is 10.1 Å². The molecule has 15 heavy (non-hydrogen) atoms. The number of allylic oxidation sites excluding steroid dienone is 2. The summed E-state index contributed by atoms with van der Waals surface area (Å²) in [5, 5.41) is 0. The summed E-state index contributed by atoms with van der Waals surface area (Å²) in [6.45, 7) is 3.64. The highest BCUT2D eigenvalue weighted by molar-refractivity contribution is 7.87. The van der Waals surface area contributed by atoms with E-state index >= 15 is 0 Å². The number of alkyl halides is 3. The van der Waals surface area contributed by atoms with Gasteiger partial charge in [0.25, 0.3) is 0 Å². The number of halogens is 3. The van der Waals surface area contributed by atoms with Crippen molar-refractivity contribution in [2.75, 3.05) is 0 Å². The van der Waals surface area contributed by atoms with Crippen LogP contribution < -0.4 is 0 Å². The minimum absolute atomic E-state index is 0.127. The van der Waals surface area contributed by atoms with E-state index in [0.29, 0.717) is 6.42 Å². The van der Waals surface area contributed by atoms with Crippen LogP contribution in [0, 0.1) is 5.41 Å². The van der Waals surface area contributed by atoms with E-state index in [0.717, 1.165) is 0 Å². The highest BCUT2D eigenvalue weighted by atomic mass is 32.2. The number of hydrogen-bond acceptors (Lipinski definition) is 3. The van der Waals surface area contributed by atoms with Gasteiger partial charge >= 0.3 is 15.6 Å². The standard InChI is InChI=1S/C8H11F3O3S/c1-7(2)4-3-6(5-7)14-15(12,13)8(9,10)11/h3H,4-5H2,1-2H3. The van der Waals surface area contributed by atoms with Crippen molar-refractivity contribution < 1.29 is 25.8 Å². The molecule has 1 rings (SSSR count). The highest BCUT2D eigenvalue weighted by Gasteiger charge is 2.49. The Kier molecular flexibility index (Phi) is 2.80. The molecule has 0 spiro atoms. The molecule has 0 N–H and O–H groups in total. The van der Waals surface area contributed by atoms with Crippen LogP contribution in [0.5, 0.6) is 0 Å². The summed E-state index contributed by atoms with van der Waals surface area (Å²) in [5.41, 5.74) is -5.60. The smallest absolute Gasteiger partial charge is 0.381 e. The van der Waals surface area contributed by atoms with Crippen molar-refractivity contribution in [3.63, 3.8) is 0 Å². The molecule has 0 saturated carbocycles. The first kappa shape index (κ1) is 12.4. The maximum atomic E-state index is 11.9. The van der Waals surface area contributed by atoms with Crippen molar-refractivity contribution in [3.05, 3.63) is 11.8 Å². The van der Waals surface area contributed by atoms with Crippen LogP contribution in [0.1, 0.15) is 26.7 Å². The van der Waals surface area contributed by atoms with Gasteiger partial charge in [0.15, 0.2) is 0 Å². The lowest BCUT2D eigenvalue weighted by molar-refractivity contribution is -0.0524. The van der Waals surface area contributed by atoms with Crippen LogP contribution in [-0.4, -0.2) is 13.9 Å². The van der Waals surface area contributed by atoms with Crippen molar-refractivity contribution in [1.82, 2.24) is 0 Å². The minimum Gasteiger partial charge on any atom is -0.381 e. The maximum Gasteiger partial charge on any atom is 0.534 e. The molecule has 1 aliphatic rings. The molecule has 0 atom stereocenters. The van der Waals surface area contributed by atoms with E-state index in [1.165, 1.54) is 6.08 Å². The Labute approximate surface area is 86.0 Å². The molecule has 0 aromatic rings. The molecule has 0 bridgehead atoms. The predicted octanol–water partition coefficient (Wildman–Crippen LogP) is 2.56. The van der Waals surface area contributed by atoms with Gasteiger partial charge in [-0.05, 0) is 17.9 Å². The Bertz CT molecular complexity index is 378. The van der Waals surface area contributed by atoms with Gasteiger partial charge in [-0.15, -0.1) is 0 Å². The van der Waals surface area contributed by atoms with Crippen molar-refractivity contribution in [2.45, 2.75) is 32.2 Å². The fraction of sp³-hybridized carbons (Fsp3) is 0.750. The zero-order chi connectivity index (χ0) is 11.9. The Hall–Kier alpha value is -0.720. The number of hydrogen-bond donors (Lipinski definition) is 0. The largest absolute Gasteiger partial charge is 0.534 e. The van der Waals surface area contributed by atoms with Gasteiger partial charge in [0.2, 0.25) is 0 Å². The fourth-order valence-electron chi connectivity index (χ4n) is 1.26. The average Bonchev–Trinajstić information content (AvgIpc) is 2.26. The Morgan fingerprint density at radius 3 is 2.27 bits per heavy atom. The molecular formula is C8H11F3O3S. The second-order valence-corrected chi connectivity index (χ2v) is 5.74. The van der Waals surface area contributed by atoms with E-state index in [9.17, 15) is 21.6 Å². The Balaban J connectivity index is 2.74. The monoisotopic (exact) mass is 244 g/mol. The lowest BCUT2D eigenvalue weighted by Crippen LogP contribution is -2.25. The van der Waals surface area contributed by atoms with E-state index in [-0.39, 0.29) is 17.6 Å². The second kappa shape index (κ2) is 3.40. The lowest BCUT2D eigenvalue weighted by atomic mass is 9.91. The molecule has 7 heteroatoms. The van der Waals surface area contributed by atoms with Crippen molar-refractivity contribution in [3.8, 4) is 0 Å². The summed E-state index contributed by atoms with van der Waals surface area (Å²) < 4.78 is 61.1. The normalized spacial score (nSPS) is 21.3. The summed E-state index contributed by atoms with van der Waals surface area (Å²) >= 11 is 0. The summed E-state index contributed by atoms with van der Waals surface area (Å²) in [6, 6.07) is 0. The molecule has 0 saturated heterocycles. The molecule has 0 aromatic carbocycles. The zero-order valence-corrected chi connectivity index (χ0v) is 9.07. The molecule has 0 radical (unpaired) electrons. The van der Waals surface area contributed by atoms with Crippen LogP contribution in [0.2, 0.25) is 0 Å². The molecule has 1 aliphatic carbocycles. The molecule has 0 heterocycles. The summed E-state index contributed by atoms with van der Waals surface area (Å²) in [7, 11) is -5.50. The molecule has 88 valence electrons. The Morgan fingerprint density at radius 1 is 1.40 bits per heavy atom. The van der Waals surface area contributed by atoms with E-state index in [4.69, 9.17) is 0 Å². The van der Waals surface area contributed by atoms with Crippen LogP contribution in [0.15, 0.2) is 11.8 Å². The number of rotatable bonds is 2. The molecule has 0 unspecified atom stereocenters. The van der Waals surface area contributed by atoms with Crippen LogP contribution >= 0.6 is 0 Å². The quantitative estimate of drug-likeness (QED) is 0.554. The van der Waals surface area contributed by atoms with Crippen molar-refractivity contribution in [2.24, 2.45) is 5.41 Å². The Morgan fingerprint density at radius 2 is 1.93 bits per heavy atom. The molecule has 3 nitrogen and oxygen atoms in total. The molecule has 0 aliphatic heterocycles. The van der Waals surface area contributed by atoms with E-state index < -0.39 is 15.6 Å². The average molecular weight is 244 g/mol. The van der Waals surface area contributed by atoms with E-state index in [2.05, 4.69) is 4.18 Å². The third-order valence-electron chi connectivity index (χ3n) is 2.04. The van der Waals surface area contributed by atoms with Crippen LogP contribution in [0.3, 0.4) is 0 Å². The molecule has 0 fully saturated rings. The third-order valence-corrected chi connectivity index (χ3v) is 3.04. The maximum absolute atomic E-state index is 11.9. The van der Waals surface area contributed by atoms with Gasteiger partial charge in [-0.1, -0.05) is 13.8 Å². The van der Waals surface area contributed by atoms with Gasteiger partial charge in [-0.25, -0.2) is 0 Å². The van der Waals surface area contributed by atoms with Gasteiger partial charge in [-0.2, -0.15) is 21.6 Å². The van der Waals surface area contributed by atoms with Gasteiger partial charge < -0.3 is 4.18 Å². The second-order valence-electron chi connectivity index (χ2n) is 4.20. The van der Waals surface area contributed by atoms with Crippen LogP contribution in [0.4, 0.5) is 13.2 Å². The topological polar surface area (TPSA) is 43.4 Å². The summed E-state index contributed by atoms with van der Waals surface area (Å²) in [6.07, 6.45) is 2.08. The van der Waals surface area contributed by atoms with Gasteiger partial charge in [-0.3, -0.25) is 0 Å². The van der Waals surface area contributed by atoms with Gasteiger partial charge in [0, 0.05) is 6.42 Å². The predicted molar refractivity (Wildman–Crippen MR) is 47.2 cm³/mol. The molecular weight excluding hydrogens is 233 g/mol. The van der Waals surface area contributed by atoms with E-state index in [1.54, 1.807) is 0 Å². The molecule has 0 aromatic heterocycles. The van der Waals surface area contributed by atoms with Gasteiger partial charge in [0.05, 0.1) is 0 Å². The van der Waals surface area contributed by atoms with Gasteiger partial charge in [0.1, 0.15) is 5.76 Å². The lowest BCUT2D eigenvalue weighted by Gasteiger charge is -2.16. The first-order valence-corrected chi connectivity index (χ1v) is 5.64. The minimum atomic E-state index is -5.50. The van der Waals surface area contributed by atoms with Crippen LogP contribution in [-0.2, 0) is 14.3 Å². The van der Waals surface area contributed by atoms with E-state index in [1.807, 2.05) is 13.8 Å². The summed E-state index contributed by atoms with van der Waals surface area (Å²) in [4.78, 5) is 0. The fourth-order valence-corrected chi connectivity index (χ4v) is 1.76. The van der Waals surface area contributed by atoms with Crippen molar-refractivity contribution in [1.29, 1.82) is 0 Å². The third kappa shape index (κ3) is 2.87. The first-order chi connectivity index (χ1) is 6.54. The molecule has 0 amide bonds. The summed E-state index contributed by atoms with van der Waals surface area (Å²) in [5.74, 6) is -0.127. The van der Waals surface area contributed by atoms with Crippen LogP contribution in [0.25, 0.3) is 0 Å². The highest BCUT2D eigenvalue weighted by Crippen LogP contribution is 2.39. The SMILES string of the molecule is CC1(C)CC=C(OS(=O)(=O)C(F)(F)F)C1. The first-order valence-electron chi connectivity index (χ1n) is 4.23. The zero-order valence-electron chi connectivity index (χ0n) is 8.26.